The van der Waals surface area contributed by atoms with E-state index in [-0.39, 0.29) is 28.6 Å². The molecule has 10 heteroatoms. The molecule has 5 nitrogen and oxygen atoms in total. The van der Waals surface area contributed by atoms with Gasteiger partial charge in [-0.2, -0.15) is 4.31 Å². The number of hydrogen-bond donors (Lipinski definition) is 1. The van der Waals surface area contributed by atoms with E-state index in [0.29, 0.717) is 12.5 Å². The molecular weight excluding hydrogens is 465 g/mol. The van der Waals surface area contributed by atoms with Crippen LogP contribution in [0.5, 0.6) is 0 Å². The number of nitrogens with one attached hydrogen (secondary N) is 1. The minimum absolute atomic E-state index is 0.0839. The van der Waals surface area contributed by atoms with Crippen LogP contribution in [0.1, 0.15) is 21.5 Å². The lowest BCUT2D eigenvalue weighted by Crippen LogP contribution is -2.36. The van der Waals surface area contributed by atoms with Gasteiger partial charge in [0.05, 0.1) is 10.7 Å². The molecule has 0 unspecified atom stereocenters. The van der Waals surface area contributed by atoms with Gasteiger partial charge in [0.15, 0.2) is 17.5 Å². The standard InChI is InChI=1S/C22H16ClF3N2O3S/c23-16-6-5-14(22(29)27-18-8-7-17(24)20(25)21(18)26)11-19(16)32(30,31)28-10-9-13-3-1-2-4-15(13)12-28/h1-8,11H,9-10,12H2,(H,27,29). The monoisotopic (exact) mass is 480 g/mol. The molecule has 32 heavy (non-hydrogen) atoms. The summed E-state index contributed by atoms with van der Waals surface area (Å²) < 4.78 is 68.2. The van der Waals surface area contributed by atoms with Gasteiger partial charge < -0.3 is 5.32 Å². The van der Waals surface area contributed by atoms with Gasteiger partial charge >= 0.3 is 0 Å². The van der Waals surface area contributed by atoms with Gasteiger partial charge in [-0.15, -0.1) is 0 Å². The zero-order valence-corrected chi connectivity index (χ0v) is 18.0. The van der Waals surface area contributed by atoms with Gasteiger partial charge in [0.1, 0.15) is 4.90 Å². The summed E-state index contributed by atoms with van der Waals surface area (Å²) >= 11 is 6.14. The highest BCUT2D eigenvalue weighted by molar-refractivity contribution is 7.89. The van der Waals surface area contributed by atoms with Gasteiger partial charge in [-0.3, -0.25) is 4.79 Å². The lowest BCUT2D eigenvalue weighted by atomic mass is 10.0. The largest absolute Gasteiger partial charge is 0.319 e. The Hall–Kier alpha value is -2.88. The Morgan fingerprint density at radius 3 is 2.44 bits per heavy atom. The zero-order chi connectivity index (χ0) is 23.0. The first-order chi connectivity index (χ1) is 15.2. The summed E-state index contributed by atoms with van der Waals surface area (Å²) in [7, 11) is -4.05. The van der Waals surface area contributed by atoms with Gasteiger partial charge in [-0.1, -0.05) is 35.9 Å². The van der Waals surface area contributed by atoms with Crippen LogP contribution in [0, 0.1) is 17.5 Å². The Morgan fingerprint density at radius 1 is 0.969 bits per heavy atom. The Balaban J connectivity index is 1.63. The number of rotatable bonds is 4. The summed E-state index contributed by atoms with van der Waals surface area (Å²) in [6.45, 7) is 0.400. The van der Waals surface area contributed by atoms with Crippen LogP contribution >= 0.6 is 11.6 Å². The van der Waals surface area contributed by atoms with E-state index in [2.05, 4.69) is 5.32 Å². The highest BCUT2D eigenvalue weighted by Crippen LogP contribution is 2.30. The van der Waals surface area contributed by atoms with Gasteiger partial charge in [-0.05, 0) is 47.9 Å². The zero-order valence-electron chi connectivity index (χ0n) is 16.4. The van der Waals surface area contributed by atoms with Crippen LogP contribution in [0.4, 0.5) is 18.9 Å². The molecule has 0 saturated carbocycles. The minimum atomic E-state index is -4.05. The second-order valence-electron chi connectivity index (χ2n) is 7.18. The van der Waals surface area contributed by atoms with Crippen molar-refractivity contribution in [2.75, 3.05) is 11.9 Å². The van der Waals surface area contributed by atoms with E-state index in [9.17, 15) is 26.4 Å². The highest BCUT2D eigenvalue weighted by Gasteiger charge is 2.30. The van der Waals surface area contributed by atoms with Crippen molar-refractivity contribution in [1.29, 1.82) is 0 Å². The summed E-state index contributed by atoms with van der Waals surface area (Å²) in [5.41, 5.74) is 1.21. The van der Waals surface area contributed by atoms with E-state index in [1.165, 1.54) is 16.4 Å². The van der Waals surface area contributed by atoms with Gasteiger partial charge in [0.25, 0.3) is 5.91 Å². The van der Waals surface area contributed by atoms with E-state index in [0.717, 1.165) is 23.3 Å². The Bertz CT molecular complexity index is 1330. The molecule has 0 atom stereocenters. The third-order valence-electron chi connectivity index (χ3n) is 5.19. The summed E-state index contributed by atoms with van der Waals surface area (Å²) in [4.78, 5) is 12.3. The highest BCUT2D eigenvalue weighted by atomic mass is 35.5. The molecule has 0 radical (unpaired) electrons. The smallest absolute Gasteiger partial charge is 0.255 e. The first-order valence-electron chi connectivity index (χ1n) is 9.50. The van der Waals surface area contributed by atoms with E-state index < -0.39 is 39.1 Å². The van der Waals surface area contributed by atoms with Crippen molar-refractivity contribution in [3.05, 3.63) is 93.8 Å². The van der Waals surface area contributed by atoms with Crippen LogP contribution in [-0.4, -0.2) is 25.2 Å². The van der Waals surface area contributed by atoms with Crippen molar-refractivity contribution in [3.8, 4) is 0 Å². The van der Waals surface area contributed by atoms with Crippen molar-refractivity contribution < 1.29 is 26.4 Å². The van der Waals surface area contributed by atoms with Crippen LogP contribution in [0.25, 0.3) is 0 Å². The third-order valence-corrected chi connectivity index (χ3v) is 7.52. The molecular formula is C22H16ClF3N2O3S. The maximum atomic E-state index is 13.9. The fourth-order valence-corrected chi connectivity index (χ4v) is 5.39. The first kappa shape index (κ1) is 22.3. The molecule has 4 rings (SSSR count). The molecule has 0 aliphatic carbocycles. The number of hydrogen-bond acceptors (Lipinski definition) is 3. The molecule has 1 N–H and O–H groups in total. The number of anilines is 1. The number of benzene rings is 3. The summed E-state index contributed by atoms with van der Waals surface area (Å²) in [6.07, 6.45) is 0.530. The minimum Gasteiger partial charge on any atom is -0.319 e. The van der Waals surface area contributed by atoms with Crippen molar-refractivity contribution in [1.82, 2.24) is 4.31 Å². The number of carbonyl (C=O) groups excluding carboxylic acids is 1. The number of halogens is 4. The second-order valence-corrected chi connectivity index (χ2v) is 9.49. The van der Waals surface area contributed by atoms with Gasteiger partial charge in [0.2, 0.25) is 10.0 Å². The van der Waals surface area contributed by atoms with Crippen LogP contribution in [0.15, 0.2) is 59.5 Å². The van der Waals surface area contributed by atoms with Crippen molar-refractivity contribution in [2.45, 2.75) is 17.9 Å². The number of carbonyl (C=O) groups is 1. The van der Waals surface area contributed by atoms with E-state index in [1.807, 2.05) is 24.3 Å². The van der Waals surface area contributed by atoms with E-state index in [4.69, 9.17) is 11.6 Å². The molecule has 0 saturated heterocycles. The summed E-state index contributed by atoms with van der Waals surface area (Å²) in [5, 5.41) is 2.03. The number of nitrogens with zero attached hydrogens (tertiary/aromatic N) is 1. The molecule has 1 amide bonds. The molecule has 0 aromatic heterocycles. The Kier molecular flexibility index (Phi) is 5.98. The predicted octanol–water partition coefficient (Wildman–Crippen LogP) is 4.76. The van der Waals surface area contributed by atoms with Crippen LogP contribution in [0.2, 0.25) is 5.02 Å². The van der Waals surface area contributed by atoms with Crippen LogP contribution in [0.3, 0.4) is 0 Å². The van der Waals surface area contributed by atoms with E-state index in [1.54, 1.807) is 0 Å². The number of fused-ring (bicyclic) bond motifs is 1. The second kappa shape index (κ2) is 8.57. The predicted molar refractivity (Wildman–Crippen MR) is 113 cm³/mol. The fraction of sp³-hybridized carbons (Fsp3) is 0.136. The number of sulfonamides is 1. The molecule has 0 bridgehead atoms. The normalized spacial score (nSPS) is 14.1. The summed E-state index contributed by atoms with van der Waals surface area (Å²) in [6, 6.07) is 12.6. The Morgan fingerprint density at radius 2 is 1.69 bits per heavy atom. The van der Waals surface area contributed by atoms with Gasteiger partial charge in [-0.25, -0.2) is 21.6 Å². The quantitative estimate of drug-likeness (QED) is 0.548. The van der Waals surface area contributed by atoms with Crippen molar-refractivity contribution in [3.63, 3.8) is 0 Å². The van der Waals surface area contributed by atoms with Crippen LogP contribution < -0.4 is 5.32 Å². The molecule has 1 aliphatic heterocycles. The van der Waals surface area contributed by atoms with Crippen molar-refractivity contribution >= 4 is 33.2 Å². The maximum absolute atomic E-state index is 13.9. The topological polar surface area (TPSA) is 66.5 Å². The molecule has 3 aromatic carbocycles. The average Bonchev–Trinajstić information content (AvgIpc) is 2.79. The molecule has 1 aliphatic rings. The lowest BCUT2D eigenvalue weighted by molar-refractivity contribution is 0.102. The van der Waals surface area contributed by atoms with Crippen LogP contribution in [-0.2, 0) is 23.0 Å². The van der Waals surface area contributed by atoms with Crippen molar-refractivity contribution in [2.24, 2.45) is 0 Å². The first-order valence-corrected chi connectivity index (χ1v) is 11.3. The maximum Gasteiger partial charge on any atom is 0.255 e. The molecule has 0 fully saturated rings. The molecule has 166 valence electrons. The SMILES string of the molecule is O=C(Nc1ccc(F)c(F)c1F)c1ccc(Cl)c(S(=O)(=O)N2CCc3ccccc3C2)c1. The summed E-state index contributed by atoms with van der Waals surface area (Å²) in [5.74, 6) is -5.60. The third kappa shape index (κ3) is 4.11. The molecule has 0 spiro atoms. The average molecular weight is 481 g/mol. The molecule has 1 heterocycles. The molecule has 3 aromatic rings. The van der Waals surface area contributed by atoms with Gasteiger partial charge in [0, 0.05) is 18.7 Å². The number of amides is 1. The Labute approximate surface area is 187 Å². The lowest BCUT2D eigenvalue weighted by Gasteiger charge is -2.28. The van der Waals surface area contributed by atoms with E-state index >= 15 is 0 Å². The fourth-order valence-electron chi connectivity index (χ4n) is 3.47.